The number of methoxy groups -OCH3 is 1. The molecule has 0 fully saturated rings. The second kappa shape index (κ2) is 6.70. The molecule has 0 aliphatic heterocycles. The number of halogens is 3. The Balaban J connectivity index is 2.31. The number of esters is 1. The molecule has 0 spiro atoms. The summed E-state index contributed by atoms with van der Waals surface area (Å²) in [6.07, 6.45) is -7.50. The first-order valence-corrected chi connectivity index (χ1v) is 6.53. The molecule has 122 valence electrons. The Morgan fingerprint density at radius 2 is 1.74 bits per heavy atom. The van der Waals surface area contributed by atoms with Crippen LogP contribution in [0.15, 0.2) is 48.5 Å². The molecule has 0 bridgehead atoms. The summed E-state index contributed by atoms with van der Waals surface area (Å²) in [5, 5.41) is 9.29. The molecule has 2 aromatic carbocycles. The summed E-state index contributed by atoms with van der Waals surface area (Å²) in [5.74, 6) is -0.878. The number of aliphatic hydroxyl groups excluding tert-OH is 1. The van der Waals surface area contributed by atoms with E-state index in [2.05, 4.69) is 0 Å². The lowest BCUT2D eigenvalue weighted by atomic mass is 10.1. The number of alkyl halides is 3. The topological polar surface area (TPSA) is 55.8 Å². The number of aliphatic hydroxyl groups is 1. The van der Waals surface area contributed by atoms with Crippen LogP contribution >= 0.6 is 0 Å². The average molecular weight is 326 g/mol. The quantitative estimate of drug-likeness (QED) is 0.690. The Morgan fingerprint density at radius 3 is 2.30 bits per heavy atom. The summed E-state index contributed by atoms with van der Waals surface area (Å²) >= 11 is 0. The molecule has 23 heavy (non-hydrogen) atoms. The molecule has 4 nitrogen and oxygen atoms in total. The highest BCUT2D eigenvalue weighted by molar-refractivity contribution is 5.91. The van der Waals surface area contributed by atoms with Crippen LogP contribution in [0, 0.1) is 0 Å². The first kappa shape index (κ1) is 16.8. The predicted octanol–water partition coefficient (Wildman–Crippen LogP) is 3.51. The van der Waals surface area contributed by atoms with Crippen LogP contribution in [0.3, 0.4) is 0 Å². The van der Waals surface area contributed by atoms with Crippen molar-refractivity contribution in [1.29, 1.82) is 0 Å². The predicted molar refractivity (Wildman–Crippen MR) is 75.4 cm³/mol. The van der Waals surface area contributed by atoms with E-state index in [1.165, 1.54) is 25.3 Å². The van der Waals surface area contributed by atoms with Gasteiger partial charge in [-0.1, -0.05) is 24.3 Å². The van der Waals surface area contributed by atoms with E-state index in [1.54, 1.807) is 18.2 Å². The van der Waals surface area contributed by atoms with Crippen LogP contribution in [0.5, 0.6) is 11.5 Å². The van der Waals surface area contributed by atoms with E-state index in [4.69, 9.17) is 9.47 Å². The fourth-order valence-corrected chi connectivity index (χ4v) is 1.87. The summed E-state index contributed by atoms with van der Waals surface area (Å²) in [7, 11) is 1.29. The molecule has 0 saturated carbocycles. The molecule has 1 atom stereocenters. The van der Waals surface area contributed by atoms with Gasteiger partial charge in [0.2, 0.25) is 0 Å². The maximum Gasteiger partial charge on any atom is 0.418 e. The van der Waals surface area contributed by atoms with Crippen LogP contribution in [-0.4, -0.2) is 24.4 Å². The number of carbonyl (C=O) groups excluding carboxylic acids is 1. The summed E-state index contributed by atoms with van der Waals surface area (Å²) < 4.78 is 47.8. The highest BCUT2D eigenvalue weighted by Crippen LogP contribution is 2.37. The van der Waals surface area contributed by atoms with Crippen LogP contribution in [0.1, 0.15) is 22.0 Å². The van der Waals surface area contributed by atoms with E-state index in [1.807, 2.05) is 0 Å². The molecule has 2 aromatic rings. The Morgan fingerprint density at radius 1 is 1.09 bits per heavy atom. The minimum absolute atomic E-state index is 0.0763. The summed E-state index contributed by atoms with van der Waals surface area (Å²) in [4.78, 5) is 12.0. The molecule has 0 radical (unpaired) electrons. The van der Waals surface area contributed by atoms with E-state index in [-0.39, 0.29) is 17.1 Å². The summed E-state index contributed by atoms with van der Waals surface area (Å²) in [5.41, 5.74) is -0.217. The molecule has 0 amide bonds. The Hall–Kier alpha value is -2.54. The minimum atomic E-state index is -4.82. The monoisotopic (exact) mass is 326 g/mol. The number of hydrogen-bond donors (Lipinski definition) is 1. The van der Waals surface area contributed by atoms with Crippen molar-refractivity contribution in [3.05, 3.63) is 59.7 Å². The van der Waals surface area contributed by atoms with Crippen molar-refractivity contribution in [3.63, 3.8) is 0 Å². The third-order valence-electron chi connectivity index (χ3n) is 3.03. The van der Waals surface area contributed by atoms with E-state index >= 15 is 0 Å². The van der Waals surface area contributed by atoms with Crippen LogP contribution < -0.4 is 9.47 Å². The van der Waals surface area contributed by atoms with Gasteiger partial charge in [0.05, 0.1) is 12.7 Å². The van der Waals surface area contributed by atoms with Crippen LogP contribution in [-0.2, 0) is 0 Å². The van der Waals surface area contributed by atoms with Crippen molar-refractivity contribution in [3.8, 4) is 11.5 Å². The normalized spacial score (nSPS) is 12.6. The van der Waals surface area contributed by atoms with E-state index < -0.39 is 23.8 Å². The van der Waals surface area contributed by atoms with Gasteiger partial charge >= 0.3 is 12.1 Å². The maximum atomic E-state index is 12.6. The first-order chi connectivity index (χ1) is 10.8. The largest absolute Gasteiger partial charge is 0.493 e. The van der Waals surface area contributed by atoms with Gasteiger partial charge in [-0.2, -0.15) is 13.2 Å². The van der Waals surface area contributed by atoms with Gasteiger partial charge in [-0.25, -0.2) is 4.79 Å². The van der Waals surface area contributed by atoms with Crippen LogP contribution in [0.2, 0.25) is 0 Å². The second-order valence-electron chi connectivity index (χ2n) is 4.61. The second-order valence-corrected chi connectivity index (χ2v) is 4.61. The molecule has 0 aliphatic rings. The van der Waals surface area contributed by atoms with Gasteiger partial charge in [0.15, 0.2) is 17.6 Å². The lowest BCUT2D eigenvalue weighted by molar-refractivity contribution is -0.206. The zero-order chi connectivity index (χ0) is 17.0. The van der Waals surface area contributed by atoms with Crippen molar-refractivity contribution in [2.75, 3.05) is 7.11 Å². The van der Waals surface area contributed by atoms with Gasteiger partial charge in [-0.15, -0.1) is 0 Å². The van der Waals surface area contributed by atoms with Gasteiger partial charge in [0.1, 0.15) is 0 Å². The van der Waals surface area contributed by atoms with Gasteiger partial charge in [-0.05, 0) is 29.8 Å². The van der Waals surface area contributed by atoms with Crippen LogP contribution in [0.25, 0.3) is 0 Å². The van der Waals surface area contributed by atoms with Crippen molar-refractivity contribution in [1.82, 2.24) is 0 Å². The Bertz CT molecular complexity index is 683. The van der Waals surface area contributed by atoms with Gasteiger partial charge in [0.25, 0.3) is 0 Å². The van der Waals surface area contributed by atoms with Crippen molar-refractivity contribution >= 4 is 5.97 Å². The highest BCUT2D eigenvalue weighted by atomic mass is 19.4. The van der Waals surface area contributed by atoms with Gasteiger partial charge in [0, 0.05) is 0 Å². The van der Waals surface area contributed by atoms with Crippen molar-refractivity contribution in [2.24, 2.45) is 0 Å². The fourth-order valence-electron chi connectivity index (χ4n) is 1.87. The van der Waals surface area contributed by atoms with E-state index in [0.717, 1.165) is 12.1 Å². The summed E-state index contributed by atoms with van der Waals surface area (Å²) in [6.45, 7) is 0. The molecule has 7 heteroatoms. The zero-order valence-electron chi connectivity index (χ0n) is 12.0. The Labute approximate surface area is 130 Å². The number of rotatable bonds is 4. The van der Waals surface area contributed by atoms with Crippen molar-refractivity contribution < 1.29 is 32.5 Å². The molecule has 0 saturated heterocycles. The standard InChI is InChI=1S/C16H13F3O4/c1-22-12-8-7-11(14(20)16(17,18)19)9-13(12)23-15(21)10-5-3-2-4-6-10/h2-9,14,20H,1H3/t14-/m0/s1. The SMILES string of the molecule is COc1ccc([C@H](O)C(F)(F)F)cc1OC(=O)c1ccccc1. The third kappa shape index (κ3) is 4.01. The number of benzene rings is 2. The van der Waals surface area contributed by atoms with Gasteiger partial charge < -0.3 is 14.6 Å². The number of hydrogen-bond acceptors (Lipinski definition) is 4. The molecule has 0 heterocycles. The van der Waals surface area contributed by atoms with E-state index in [0.29, 0.717) is 0 Å². The Kier molecular flexibility index (Phi) is 4.90. The van der Waals surface area contributed by atoms with Crippen molar-refractivity contribution in [2.45, 2.75) is 12.3 Å². The summed E-state index contributed by atoms with van der Waals surface area (Å²) in [6, 6.07) is 11.1. The number of carbonyl (C=O) groups is 1. The highest BCUT2D eigenvalue weighted by Gasteiger charge is 2.39. The maximum absolute atomic E-state index is 12.6. The molecular formula is C16H13F3O4. The molecule has 1 N–H and O–H groups in total. The molecule has 0 aliphatic carbocycles. The fraction of sp³-hybridized carbons (Fsp3) is 0.188. The third-order valence-corrected chi connectivity index (χ3v) is 3.03. The average Bonchev–Trinajstić information content (AvgIpc) is 2.54. The lowest BCUT2D eigenvalue weighted by Gasteiger charge is -2.17. The van der Waals surface area contributed by atoms with Gasteiger partial charge in [-0.3, -0.25) is 0 Å². The molecule has 2 rings (SSSR count). The number of ether oxygens (including phenoxy) is 2. The smallest absolute Gasteiger partial charge is 0.418 e. The minimum Gasteiger partial charge on any atom is -0.493 e. The zero-order valence-corrected chi connectivity index (χ0v) is 12.0. The molecule has 0 unspecified atom stereocenters. The van der Waals surface area contributed by atoms with Crippen LogP contribution in [0.4, 0.5) is 13.2 Å². The molecule has 0 aromatic heterocycles. The van der Waals surface area contributed by atoms with E-state index in [9.17, 15) is 23.1 Å². The molecular weight excluding hydrogens is 313 g/mol. The lowest BCUT2D eigenvalue weighted by Crippen LogP contribution is -2.20. The first-order valence-electron chi connectivity index (χ1n) is 6.53.